The van der Waals surface area contributed by atoms with Gasteiger partial charge in [-0.05, 0) is 45.7 Å². The number of carboxylic acid groups (broad SMARTS) is 1. The average Bonchev–Trinajstić information content (AvgIpc) is 2.82. The standard InChI is InChI=1S/C22H29F2N3O3S.C2HF3O2/c1-27-7-6-13(18(24)10-27)11-30-15-8-17(23)21-19(9-15)25-20(26-22(21)29)12-31-16-4-2-14(28)3-5-16;3-2(4,5)1(6)7/h8-9,13-14,16,18,28H,2-7,10-12H2,1H3,(H,25,26,29);(H,6,7)/t13-,14?,16?,18+;/m1./s1. The van der Waals surface area contributed by atoms with Crippen LogP contribution in [0.15, 0.2) is 16.9 Å². The molecule has 1 aromatic carbocycles. The zero-order valence-corrected chi connectivity index (χ0v) is 21.5. The van der Waals surface area contributed by atoms with Crippen molar-refractivity contribution in [1.29, 1.82) is 0 Å². The van der Waals surface area contributed by atoms with Gasteiger partial charge in [0.1, 0.15) is 28.9 Å². The molecule has 2 fully saturated rings. The SMILES string of the molecule is CN1CC[C@H](COc2cc(F)c3c(=O)[nH]c(CSC4CCC(O)CC4)nc3c2)[C@@H](F)C1.O=C(O)C(F)(F)F. The fraction of sp³-hybridized carbons (Fsp3) is 0.625. The third-order valence-electron chi connectivity index (χ3n) is 6.47. The number of aromatic nitrogens is 2. The van der Waals surface area contributed by atoms with Crippen LogP contribution in [0.3, 0.4) is 0 Å². The van der Waals surface area contributed by atoms with Crippen LogP contribution in [0.2, 0.25) is 0 Å². The maximum atomic E-state index is 14.6. The van der Waals surface area contributed by atoms with Gasteiger partial charge in [-0.2, -0.15) is 24.9 Å². The number of aliphatic hydroxyl groups excluding tert-OH is 1. The third-order valence-corrected chi connectivity index (χ3v) is 7.85. The molecule has 0 unspecified atom stereocenters. The maximum absolute atomic E-state index is 14.6. The summed E-state index contributed by atoms with van der Waals surface area (Å²) < 4.78 is 66.3. The predicted octanol–water partition coefficient (Wildman–Crippen LogP) is 3.90. The highest BCUT2D eigenvalue weighted by Crippen LogP contribution is 2.30. The van der Waals surface area contributed by atoms with Crippen molar-refractivity contribution in [2.75, 3.05) is 26.7 Å². The van der Waals surface area contributed by atoms with Gasteiger partial charge >= 0.3 is 12.1 Å². The Balaban J connectivity index is 0.000000505. The number of thioether (sulfide) groups is 1. The van der Waals surface area contributed by atoms with Gasteiger partial charge in [-0.15, -0.1) is 0 Å². The Bertz CT molecular complexity index is 1160. The number of carboxylic acids is 1. The number of alkyl halides is 4. The van der Waals surface area contributed by atoms with Gasteiger partial charge in [-0.25, -0.2) is 18.6 Å². The van der Waals surface area contributed by atoms with Gasteiger partial charge in [0.2, 0.25) is 0 Å². The minimum absolute atomic E-state index is 0.0930. The van der Waals surface area contributed by atoms with E-state index in [2.05, 4.69) is 9.97 Å². The number of carbonyl (C=O) groups is 1. The van der Waals surface area contributed by atoms with Gasteiger partial charge < -0.3 is 24.8 Å². The van der Waals surface area contributed by atoms with Crippen molar-refractivity contribution in [3.05, 3.63) is 34.1 Å². The Hall–Kier alpha value is -2.45. The van der Waals surface area contributed by atoms with Crippen molar-refractivity contribution in [1.82, 2.24) is 14.9 Å². The van der Waals surface area contributed by atoms with Crippen molar-refractivity contribution < 1.29 is 41.7 Å². The Morgan fingerprint density at radius 1 is 1.24 bits per heavy atom. The molecule has 1 aromatic heterocycles. The molecule has 38 heavy (non-hydrogen) atoms. The smallest absolute Gasteiger partial charge is 0.490 e. The third kappa shape index (κ3) is 8.53. The number of nitrogens with one attached hydrogen (secondary N) is 1. The monoisotopic (exact) mass is 567 g/mol. The largest absolute Gasteiger partial charge is 0.493 e. The molecule has 4 rings (SSSR count). The van der Waals surface area contributed by atoms with Crippen LogP contribution in [-0.4, -0.2) is 81.5 Å². The summed E-state index contributed by atoms with van der Waals surface area (Å²) >= 11 is 1.69. The molecule has 212 valence electrons. The van der Waals surface area contributed by atoms with E-state index in [9.17, 15) is 31.9 Å². The molecular weight excluding hydrogens is 537 g/mol. The quantitative estimate of drug-likeness (QED) is 0.451. The molecule has 2 aliphatic rings. The van der Waals surface area contributed by atoms with Gasteiger partial charge in [0.15, 0.2) is 0 Å². The summed E-state index contributed by atoms with van der Waals surface area (Å²) in [5.41, 5.74) is -0.267. The van der Waals surface area contributed by atoms with Crippen molar-refractivity contribution in [2.24, 2.45) is 5.92 Å². The van der Waals surface area contributed by atoms with E-state index in [1.165, 1.54) is 6.07 Å². The number of aliphatic hydroxyl groups is 1. The van der Waals surface area contributed by atoms with Crippen LogP contribution in [0, 0.1) is 11.7 Å². The lowest BCUT2D eigenvalue weighted by Crippen LogP contribution is -2.41. The van der Waals surface area contributed by atoms with E-state index in [1.54, 1.807) is 17.8 Å². The molecule has 1 saturated heterocycles. The molecular formula is C24H30F5N3O5S. The number of hydrogen-bond acceptors (Lipinski definition) is 7. The highest BCUT2D eigenvalue weighted by molar-refractivity contribution is 7.99. The number of aromatic amines is 1. The second-order valence-electron chi connectivity index (χ2n) is 9.49. The fourth-order valence-corrected chi connectivity index (χ4v) is 5.44. The number of aliphatic carboxylic acids is 1. The second kappa shape index (κ2) is 13.1. The van der Waals surface area contributed by atoms with Gasteiger partial charge in [-0.3, -0.25) is 4.79 Å². The van der Waals surface area contributed by atoms with Crippen molar-refractivity contribution in [3.8, 4) is 5.75 Å². The zero-order valence-electron chi connectivity index (χ0n) is 20.6. The molecule has 0 radical (unpaired) electrons. The zero-order chi connectivity index (χ0) is 28.0. The van der Waals surface area contributed by atoms with Crippen LogP contribution >= 0.6 is 11.8 Å². The molecule has 1 aliphatic heterocycles. The summed E-state index contributed by atoms with van der Waals surface area (Å²) in [6.45, 7) is 1.34. The van der Waals surface area contributed by atoms with E-state index >= 15 is 0 Å². The lowest BCUT2D eigenvalue weighted by molar-refractivity contribution is -0.192. The van der Waals surface area contributed by atoms with E-state index in [1.807, 2.05) is 11.9 Å². The Morgan fingerprint density at radius 2 is 1.89 bits per heavy atom. The first-order chi connectivity index (χ1) is 17.8. The Kier molecular flexibility index (Phi) is 10.4. The van der Waals surface area contributed by atoms with Crippen LogP contribution in [0.5, 0.6) is 5.75 Å². The maximum Gasteiger partial charge on any atom is 0.490 e. The summed E-state index contributed by atoms with van der Waals surface area (Å²) in [5, 5.41) is 17.1. The Labute approximate surface area is 219 Å². The van der Waals surface area contributed by atoms with Crippen LogP contribution in [0.25, 0.3) is 10.9 Å². The molecule has 0 spiro atoms. The minimum Gasteiger partial charge on any atom is -0.493 e. The molecule has 3 N–H and O–H groups in total. The first-order valence-electron chi connectivity index (χ1n) is 12.1. The lowest BCUT2D eigenvalue weighted by atomic mass is 9.96. The summed E-state index contributed by atoms with van der Waals surface area (Å²) in [7, 11) is 1.89. The first kappa shape index (κ1) is 30.1. The van der Waals surface area contributed by atoms with E-state index in [0.29, 0.717) is 29.8 Å². The fourth-order valence-electron chi connectivity index (χ4n) is 4.30. The minimum atomic E-state index is -5.08. The highest BCUT2D eigenvalue weighted by atomic mass is 32.2. The van der Waals surface area contributed by atoms with Gasteiger partial charge in [0.05, 0.1) is 24.0 Å². The molecule has 0 amide bonds. The summed E-state index contributed by atoms with van der Waals surface area (Å²) in [6, 6.07) is 2.73. The van der Waals surface area contributed by atoms with Gasteiger partial charge in [-0.1, -0.05) is 0 Å². The lowest BCUT2D eigenvalue weighted by Gasteiger charge is -2.32. The molecule has 0 bridgehead atoms. The van der Waals surface area contributed by atoms with Crippen LogP contribution in [-0.2, 0) is 10.5 Å². The number of piperidine rings is 1. The number of nitrogens with zero attached hydrogens (tertiary/aromatic N) is 2. The molecule has 1 saturated carbocycles. The predicted molar refractivity (Wildman–Crippen MR) is 132 cm³/mol. The van der Waals surface area contributed by atoms with Crippen molar-refractivity contribution in [3.63, 3.8) is 0 Å². The average molecular weight is 568 g/mol. The summed E-state index contributed by atoms with van der Waals surface area (Å²) in [4.78, 5) is 30.4. The highest BCUT2D eigenvalue weighted by Gasteiger charge is 2.38. The second-order valence-corrected chi connectivity index (χ2v) is 10.8. The number of benzene rings is 1. The van der Waals surface area contributed by atoms with Crippen LogP contribution in [0.4, 0.5) is 22.0 Å². The van der Waals surface area contributed by atoms with Crippen LogP contribution in [0.1, 0.15) is 37.9 Å². The van der Waals surface area contributed by atoms with Gasteiger partial charge in [0.25, 0.3) is 5.56 Å². The van der Waals surface area contributed by atoms with Crippen molar-refractivity contribution in [2.45, 2.75) is 61.6 Å². The summed E-state index contributed by atoms with van der Waals surface area (Å²) in [5.74, 6) is -2.42. The number of rotatable bonds is 6. The number of likely N-dealkylation sites (tertiary alicyclic amines) is 1. The first-order valence-corrected chi connectivity index (χ1v) is 13.2. The van der Waals surface area contributed by atoms with E-state index in [4.69, 9.17) is 14.6 Å². The van der Waals surface area contributed by atoms with E-state index < -0.39 is 29.7 Å². The van der Waals surface area contributed by atoms with Crippen molar-refractivity contribution >= 4 is 28.6 Å². The molecule has 2 heterocycles. The van der Waals surface area contributed by atoms with E-state index in [-0.39, 0.29) is 35.3 Å². The summed E-state index contributed by atoms with van der Waals surface area (Å²) in [6.07, 6.45) is -2.13. The van der Waals surface area contributed by atoms with Gasteiger partial charge in [0, 0.05) is 29.8 Å². The molecule has 2 aromatic rings. The number of H-pyrrole nitrogens is 1. The number of halogens is 5. The molecule has 2 atom stereocenters. The number of ether oxygens (including phenoxy) is 1. The normalized spacial score (nSPS) is 24.5. The topological polar surface area (TPSA) is 116 Å². The molecule has 14 heteroatoms. The number of fused-ring (bicyclic) bond motifs is 1. The number of hydrogen-bond donors (Lipinski definition) is 3. The van der Waals surface area contributed by atoms with E-state index in [0.717, 1.165) is 32.2 Å². The molecule has 8 nitrogen and oxygen atoms in total. The van der Waals surface area contributed by atoms with Crippen LogP contribution < -0.4 is 10.3 Å². The Morgan fingerprint density at radius 3 is 2.50 bits per heavy atom. The molecule has 1 aliphatic carbocycles.